The monoisotopic (exact) mass is 591 g/mol. The minimum absolute atomic E-state index is 0.0554. The largest absolute Gasteiger partial charge is 0.496 e. The van der Waals surface area contributed by atoms with Crippen molar-refractivity contribution in [2.75, 3.05) is 20.7 Å². The van der Waals surface area contributed by atoms with Gasteiger partial charge in [0.05, 0.1) is 34.4 Å². The average Bonchev–Trinajstić information content (AvgIpc) is 3.65. The number of nitrogens with one attached hydrogen (secondary N) is 2. The van der Waals surface area contributed by atoms with Gasteiger partial charge in [0.15, 0.2) is 5.82 Å². The van der Waals surface area contributed by atoms with Crippen LogP contribution in [0.2, 0.25) is 0 Å². The van der Waals surface area contributed by atoms with Crippen molar-refractivity contribution in [2.45, 2.75) is 26.3 Å². The molecule has 9 nitrogen and oxygen atoms in total. The first-order valence-electron chi connectivity index (χ1n) is 14.5. The highest BCUT2D eigenvalue weighted by molar-refractivity contribution is 7.03. The summed E-state index contributed by atoms with van der Waals surface area (Å²) in [5, 5.41) is 5.93. The van der Waals surface area contributed by atoms with Crippen LogP contribution >= 0.6 is 11.5 Å². The van der Waals surface area contributed by atoms with Gasteiger partial charge >= 0.3 is 0 Å². The fourth-order valence-corrected chi connectivity index (χ4v) is 5.17. The minimum Gasteiger partial charge on any atom is -0.496 e. The van der Waals surface area contributed by atoms with Crippen molar-refractivity contribution < 1.29 is 32.0 Å². The van der Waals surface area contributed by atoms with Gasteiger partial charge in [-0.05, 0) is 80.3 Å². The molecule has 2 aromatic heterocycles. The van der Waals surface area contributed by atoms with Crippen molar-refractivity contribution in [1.29, 1.82) is 0 Å². The van der Waals surface area contributed by atoms with Crippen molar-refractivity contribution >= 4 is 34.3 Å². The zero-order valence-corrected chi connectivity index (χ0v) is 24.0. The topological polar surface area (TPSA) is 116 Å². The van der Waals surface area contributed by atoms with Crippen LogP contribution in [0.4, 0.5) is 4.39 Å². The number of hydrogen-bond donors (Lipinski definition) is 2. The fraction of sp³-hybridized carbons (Fsp3) is 0.226. The Kier molecular flexibility index (Phi) is 6.91. The Morgan fingerprint density at radius 1 is 1.07 bits per heavy atom. The number of carbonyl (C=O) groups excluding carboxylic acids is 2. The van der Waals surface area contributed by atoms with Gasteiger partial charge in [-0.3, -0.25) is 9.59 Å². The molecule has 0 fully saturated rings. The molecule has 3 aromatic carbocycles. The number of methoxy groups -OCH3 is 1. The Balaban J connectivity index is 1.69. The first-order chi connectivity index (χ1) is 21.3. The van der Waals surface area contributed by atoms with Crippen molar-refractivity contribution in [3.63, 3.8) is 0 Å². The van der Waals surface area contributed by atoms with Gasteiger partial charge < -0.3 is 24.5 Å². The van der Waals surface area contributed by atoms with E-state index in [1.54, 1.807) is 44.5 Å². The Bertz CT molecular complexity index is 1870. The molecule has 0 spiro atoms. The van der Waals surface area contributed by atoms with Gasteiger partial charge in [-0.2, -0.15) is 4.37 Å². The summed E-state index contributed by atoms with van der Waals surface area (Å²) >= 11 is 1.13. The van der Waals surface area contributed by atoms with E-state index in [4.69, 9.17) is 18.0 Å². The van der Waals surface area contributed by atoms with Gasteiger partial charge in [0, 0.05) is 29.6 Å². The Morgan fingerprint density at radius 3 is 2.50 bits per heavy atom. The second-order valence-electron chi connectivity index (χ2n) is 9.82. The van der Waals surface area contributed by atoms with Gasteiger partial charge in [0.2, 0.25) is 0 Å². The van der Waals surface area contributed by atoms with E-state index in [2.05, 4.69) is 20.0 Å². The van der Waals surface area contributed by atoms with E-state index in [0.29, 0.717) is 39.2 Å². The Labute approximate surface area is 250 Å². The van der Waals surface area contributed by atoms with Crippen LogP contribution in [-0.4, -0.2) is 41.9 Å². The summed E-state index contributed by atoms with van der Waals surface area (Å²) in [6, 6.07) is 13.4. The molecule has 0 aliphatic heterocycles. The Morgan fingerprint density at radius 2 is 1.83 bits per heavy atom. The molecule has 5 rings (SSSR count). The zero-order chi connectivity index (χ0) is 32.5. The van der Waals surface area contributed by atoms with E-state index in [0.717, 1.165) is 11.5 Å². The molecule has 0 radical (unpaired) electrons. The third-order valence-corrected chi connectivity index (χ3v) is 7.12. The lowest BCUT2D eigenvalue weighted by molar-refractivity contribution is 0.0904. The summed E-state index contributed by atoms with van der Waals surface area (Å²) in [6.07, 6.45) is 0. The van der Waals surface area contributed by atoms with Crippen molar-refractivity contribution in [3.05, 3.63) is 82.9 Å². The van der Waals surface area contributed by atoms with Crippen LogP contribution in [0, 0.1) is 5.82 Å². The highest BCUT2D eigenvalue weighted by Crippen LogP contribution is 2.41. The molecule has 42 heavy (non-hydrogen) atoms. The summed E-state index contributed by atoms with van der Waals surface area (Å²) in [5.74, 6) is -0.637. The number of fused-ring (bicyclic) bond motifs is 1. The van der Waals surface area contributed by atoms with Crippen molar-refractivity contribution in [3.8, 4) is 33.9 Å². The van der Waals surface area contributed by atoms with Gasteiger partial charge in [-0.25, -0.2) is 9.37 Å². The van der Waals surface area contributed by atoms with E-state index in [1.807, 2.05) is 0 Å². The smallest absolute Gasteiger partial charge is 0.255 e. The number of aromatic nitrogens is 2. The summed E-state index contributed by atoms with van der Waals surface area (Å²) in [6.45, 7) is 5.53. The second kappa shape index (κ2) is 11.6. The lowest BCUT2D eigenvalue weighted by Crippen LogP contribution is -2.41. The number of furan rings is 1. The standard InChI is InChI=1S/C31H29FN4O5S/c1-6-40-24-15-25-21(26(29(38)33-4)27(41-25)17-7-10-19(32)11-8-17)14-20(24)18-9-12-23(39-5)22(13-18)28(37)35-31(2,3)30-34-16-42-36-30/h7-16H,6H2,1-5H3,(H,33,38)(H,35,37)/i5D3. The molecule has 216 valence electrons. The van der Waals surface area contributed by atoms with E-state index in [9.17, 15) is 14.0 Å². The molecule has 5 aromatic rings. The van der Waals surface area contributed by atoms with Gasteiger partial charge in [0.25, 0.3) is 11.8 Å². The molecule has 2 heterocycles. The number of ether oxygens (including phenoxy) is 2. The first-order valence-corrected chi connectivity index (χ1v) is 13.8. The van der Waals surface area contributed by atoms with Gasteiger partial charge in [-0.1, -0.05) is 6.07 Å². The van der Waals surface area contributed by atoms with Crippen LogP contribution in [0.15, 0.2) is 64.5 Å². The van der Waals surface area contributed by atoms with E-state index in [1.165, 1.54) is 43.4 Å². The van der Waals surface area contributed by atoms with Crippen LogP contribution in [0.1, 0.15) is 51.4 Å². The molecule has 2 amide bonds. The molecule has 0 saturated carbocycles. The SMILES string of the molecule is [2H]C([2H])([2H])Oc1ccc(-c2cc3c(C(=O)NC)c(-c4ccc(F)cc4)oc3cc2OCC)cc1C(=O)NC(C)(C)c1ncsn1. The number of rotatable bonds is 9. The fourth-order valence-electron chi connectivity index (χ4n) is 4.60. The number of nitrogens with zero attached hydrogens (tertiary/aromatic N) is 2. The quantitative estimate of drug-likeness (QED) is 0.210. The van der Waals surface area contributed by atoms with Crippen LogP contribution in [-0.2, 0) is 5.54 Å². The van der Waals surface area contributed by atoms with Crippen molar-refractivity contribution in [1.82, 2.24) is 20.0 Å². The molecule has 11 heteroatoms. The van der Waals surface area contributed by atoms with Crippen LogP contribution < -0.4 is 20.1 Å². The van der Waals surface area contributed by atoms with Gasteiger partial charge in [0.1, 0.15) is 34.2 Å². The predicted octanol–water partition coefficient (Wildman–Crippen LogP) is 6.19. The van der Waals surface area contributed by atoms with Crippen LogP contribution in [0.5, 0.6) is 11.5 Å². The molecule has 0 bridgehead atoms. The van der Waals surface area contributed by atoms with Crippen LogP contribution in [0.3, 0.4) is 0 Å². The molecule has 0 unspecified atom stereocenters. The summed E-state index contributed by atoms with van der Waals surface area (Å²) in [7, 11) is -1.34. The zero-order valence-electron chi connectivity index (χ0n) is 26.2. The van der Waals surface area contributed by atoms with E-state index in [-0.39, 0.29) is 29.2 Å². The lowest BCUT2D eigenvalue weighted by Gasteiger charge is -2.23. The van der Waals surface area contributed by atoms with Crippen LogP contribution in [0.25, 0.3) is 33.4 Å². The predicted molar refractivity (Wildman–Crippen MR) is 159 cm³/mol. The number of carbonyl (C=O) groups is 2. The Hall–Kier alpha value is -4.77. The molecular weight excluding hydrogens is 559 g/mol. The summed E-state index contributed by atoms with van der Waals surface area (Å²) in [5.41, 5.74) is 2.53. The maximum absolute atomic E-state index is 13.7. The highest BCUT2D eigenvalue weighted by atomic mass is 32.1. The molecular formula is C31H29FN4O5S. The second-order valence-corrected chi connectivity index (χ2v) is 10.4. The van der Waals surface area contributed by atoms with Crippen molar-refractivity contribution in [2.24, 2.45) is 0 Å². The van der Waals surface area contributed by atoms with Gasteiger partial charge in [-0.15, -0.1) is 0 Å². The lowest BCUT2D eigenvalue weighted by atomic mass is 9.97. The highest BCUT2D eigenvalue weighted by Gasteiger charge is 2.29. The molecule has 0 aliphatic rings. The maximum Gasteiger partial charge on any atom is 0.255 e. The number of benzene rings is 3. The third-order valence-electron chi connectivity index (χ3n) is 6.64. The minimum atomic E-state index is -2.83. The first kappa shape index (κ1) is 25.0. The molecule has 2 N–H and O–H groups in total. The van der Waals surface area contributed by atoms with E-state index >= 15 is 0 Å². The molecule has 0 atom stereocenters. The number of hydrogen-bond acceptors (Lipinski definition) is 8. The summed E-state index contributed by atoms with van der Waals surface area (Å²) < 4.78 is 58.1. The number of halogens is 1. The molecule has 0 aliphatic carbocycles. The normalized spacial score (nSPS) is 12.7. The average molecular weight is 592 g/mol. The maximum atomic E-state index is 13.7. The number of amides is 2. The van der Waals surface area contributed by atoms with E-state index < -0.39 is 30.2 Å². The third kappa shape index (κ3) is 5.42. The molecule has 0 saturated heterocycles. The summed E-state index contributed by atoms with van der Waals surface area (Å²) in [4.78, 5) is 31.0.